The molecule has 0 spiro atoms. The summed E-state index contributed by atoms with van der Waals surface area (Å²) in [7, 11) is 0. The number of imidazole rings is 1. The smallest absolute Gasteiger partial charge is 0.293 e. The van der Waals surface area contributed by atoms with Crippen molar-refractivity contribution in [3.63, 3.8) is 0 Å². The van der Waals surface area contributed by atoms with Crippen LogP contribution in [0.15, 0.2) is 47.6 Å². The number of pyridine rings is 1. The van der Waals surface area contributed by atoms with Crippen molar-refractivity contribution in [1.29, 1.82) is 5.26 Å². The lowest BCUT2D eigenvalue weighted by molar-refractivity contribution is 0.0654. The summed E-state index contributed by atoms with van der Waals surface area (Å²) < 4.78 is 6.96. The number of oxazole rings is 1. The number of fused-ring (bicyclic) bond motifs is 2. The van der Waals surface area contributed by atoms with E-state index in [4.69, 9.17) is 4.42 Å². The lowest BCUT2D eigenvalue weighted by atomic mass is 9.99. The zero-order valence-electron chi connectivity index (χ0n) is 14.0. The van der Waals surface area contributed by atoms with Crippen LogP contribution in [0, 0.1) is 11.3 Å². The Morgan fingerprint density at radius 1 is 1.37 bits per heavy atom. The molecule has 4 aromatic rings. The maximum atomic E-state index is 13.1. The molecule has 0 aliphatic carbocycles. The molecule has 0 aromatic carbocycles. The molecule has 0 fully saturated rings. The predicted octanol–water partition coefficient (Wildman–Crippen LogP) is 1.70. The van der Waals surface area contributed by atoms with Crippen LogP contribution in [0.2, 0.25) is 0 Å². The highest BCUT2D eigenvalue weighted by Gasteiger charge is 2.38. The first-order valence-corrected chi connectivity index (χ1v) is 8.37. The molecule has 132 valence electrons. The summed E-state index contributed by atoms with van der Waals surface area (Å²) in [6.07, 6.45) is 5.21. The highest BCUT2D eigenvalue weighted by Crippen LogP contribution is 2.34. The number of hydrogen-bond donors (Lipinski definition) is 1. The lowest BCUT2D eigenvalue weighted by Crippen LogP contribution is -2.41. The van der Waals surface area contributed by atoms with Gasteiger partial charge in [0.1, 0.15) is 12.1 Å². The SMILES string of the molecule is N#Cc1ncoc1C(=O)N1CCc2[nH]cnc2C1c1cc2ccccn2n1. The number of aromatic nitrogens is 5. The molecular formula is C18H13N7O2. The van der Waals surface area contributed by atoms with Crippen molar-refractivity contribution in [1.82, 2.24) is 29.5 Å². The molecule has 1 aliphatic rings. The van der Waals surface area contributed by atoms with Gasteiger partial charge in [-0.3, -0.25) is 4.79 Å². The van der Waals surface area contributed by atoms with Crippen LogP contribution in [0.3, 0.4) is 0 Å². The molecule has 0 radical (unpaired) electrons. The molecule has 9 heteroatoms. The van der Waals surface area contributed by atoms with Crippen molar-refractivity contribution >= 4 is 11.4 Å². The van der Waals surface area contributed by atoms with Gasteiger partial charge in [0.15, 0.2) is 12.1 Å². The largest absolute Gasteiger partial charge is 0.437 e. The molecule has 27 heavy (non-hydrogen) atoms. The van der Waals surface area contributed by atoms with Gasteiger partial charge in [0.05, 0.1) is 23.2 Å². The first-order valence-electron chi connectivity index (χ1n) is 8.37. The van der Waals surface area contributed by atoms with E-state index in [0.29, 0.717) is 18.7 Å². The summed E-state index contributed by atoms with van der Waals surface area (Å²) in [4.78, 5) is 26.1. The van der Waals surface area contributed by atoms with Crippen molar-refractivity contribution in [3.05, 3.63) is 71.7 Å². The fraction of sp³-hybridized carbons (Fsp3) is 0.167. The normalized spacial score (nSPS) is 16.3. The maximum Gasteiger partial charge on any atom is 0.293 e. The zero-order chi connectivity index (χ0) is 18.4. The van der Waals surface area contributed by atoms with Crippen LogP contribution in [-0.4, -0.2) is 41.9 Å². The Kier molecular flexibility index (Phi) is 3.30. The summed E-state index contributed by atoms with van der Waals surface area (Å²) in [6.45, 7) is 0.443. The van der Waals surface area contributed by atoms with Crippen molar-refractivity contribution in [2.45, 2.75) is 12.5 Å². The predicted molar refractivity (Wildman–Crippen MR) is 91.6 cm³/mol. The van der Waals surface area contributed by atoms with E-state index in [0.717, 1.165) is 23.3 Å². The van der Waals surface area contributed by atoms with Crippen molar-refractivity contribution in [2.24, 2.45) is 0 Å². The zero-order valence-corrected chi connectivity index (χ0v) is 14.0. The highest BCUT2D eigenvalue weighted by molar-refractivity contribution is 5.94. The Bertz CT molecular complexity index is 1160. The third-order valence-electron chi connectivity index (χ3n) is 4.72. The standard InChI is InChI=1S/C18H13N7O2/c19-8-14-17(27-10-22-14)18(26)24-6-4-12-15(21-9-20-12)16(24)13-7-11-3-1-2-5-25(11)23-13/h1-3,5,7,9-10,16H,4,6H2,(H,20,21). The van der Waals surface area contributed by atoms with Gasteiger partial charge in [-0.1, -0.05) is 6.07 Å². The second-order valence-electron chi connectivity index (χ2n) is 6.20. The van der Waals surface area contributed by atoms with Gasteiger partial charge in [0.25, 0.3) is 5.91 Å². The molecule has 1 amide bonds. The number of carbonyl (C=O) groups is 1. The van der Waals surface area contributed by atoms with Gasteiger partial charge in [-0.2, -0.15) is 10.4 Å². The highest BCUT2D eigenvalue weighted by atomic mass is 16.3. The van der Waals surface area contributed by atoms with E-state index in [-0.39, 0.29) is 11.5 Å². The Morgan fingerprint density at radius 3 is 3.15 bits per heavy atom. The first-order chi connectivity index (χ1) is 13.3. The quantitative estimate of drug-likeness (QED) is 0.582. The van der Waals surface area contributed by atoms with E-state index < -0.39 is 11.9 Å². The Labute approximate surface area is 152 Å². The minimum atomic E-state index is -0.482. The molecule has 0 saturated heterocycles. The van der Waals surface area contributed by atoms with Crippen LogP contribution in [0.4, 0.5) is 0 Å². The Hall–Kier alpha value is -3.93. The van der Waals surface area contributed by atoms with Crippen LogP contribution in [0.25, 0.3) is 5.52 Å². The molecule has 1 aliphatic heterocycles. The van der Waals surface area contributed by atoms with Crippen LogP contribution in [0.5, 0.6) is 0 Å². The van der Waals surface area contributed by atoms with Gasteiger partial charge < -0.3 is 14.3 Å². The molecule has 1 unspecified atom stereocenters. The molecule has 1 N–H and O–H groups in total. The summed E-state index contributed by atoms with van der Waals surface area (Å²) >= 11 is 0. The number of carbonyl (C=O) groups excluding carboxylic acids is 1. The average molecular weight is 359 g/mol. The number of H-pyrrole nitrogens is 1. The average Bonchev–Trinajstić information content (AvgIpc) is 3.44. The third kappa shape index (κ3) is 2.31. The first kappa shape index (κ1) is 15.3. The third-order valence-corrected chi connectivity index (χ3v) is 4.72. The second-order valence-corrected chi connectivity index (χ2v) is 6.20. The number of nitrogens with zero attached hydrogens (tertiary/aromatic N) is 6. The van der Waals surface area contributed by atoms with E-state index in [1.165, 1.54) is 0 Å². The van der Waals surface area contributed by atoms with Gasteiger partial charge in [0, 0.05) is 24.9 Å². The van der Waals surface area contributed by atoms with Gasteiger partial charge in [-0.15, -0.1) is 0 Å². The number of amides is 1. The number of nitrogens with one attached hydrogen (secondary N) is 1. The van der Waals surface area contributed by atoms with Gasteiger partial charge in [0.2, 0.25) is 5.76 Å². The van der Waals surface area contributed by atoms with Gasteiger partial charge in [-0.05, 0) is 18.2 Å². The summed E-state index contributed by atoms with van der Waals surface area (Å²) in [6, 6.07) is 9.11. The van der Waals surface area contributed by atoms with Crippen LogP contribution in [-0.2, 0) is 6.42 Å². The van der Waals surface area contributed by atoms with Gasteiger partial charge >= 0.3 is 0 Å². The summed E-state index contributed by atoms with van der Waals surface area (Å²) in [5.74, 6) is -0.468. The van der Waals surface area contributed by atoms with Crippen molar-refractivity contribution in [3.8, 4) is 6.07 Å². The van der Waals surface area contributed by atoms with E-state index in [2.05, 4.69) is 20.1 Å². The fourth-order valence-corrected chi connectivity index (χ4v) is 3.49. The Balaban J connectivity index is 1.64. The number of nitriles is 1. The van der Waals surface area contributed by atoms with Crippen LogP contribution in [0.1, 0.15) is 39.4 Å². The minimum absolute atomic E-state index is 0.0263. The second kappa shape index (κ2) is 5.81. The van der Waals surface area contributed by atoms with E-state index in [1.807, 2.05) is 36.5 Å². The molecule has 0 saturated carbocycles. The molecular weight excluding hydrogens is 346 g/mol. The van der Waals surface area contributed by atoms with Crippen molar-refractivity contribution < 1.29 is 9.21 Å². The Morgan fingerprint density at radius 2 is 2.30 bits per heavy atom. The molecule has 1 atom stereocenters. The maximum absolute atomic E-state index is 13.1. The van der Waals surface area contributed by atoms with E-state index in [9.17, 15) is 10.1 Å². The monoisotopic (exact) mass is 359 g/mol. The number of hydrogen-bond acceptors (Lipinski definition) is 6. The number of aromatic amines is 1. The van der Waals surface area contributed by atoms with E-state index in [1.54, 1.807) is 15.7 Å². The van der Waals surface area contributed by atoms with Crippen molar-refractivity contribution in [2.75, 3.05) is 6.54 Å². The van der Waals surface area contributed by atoms with Crippen LogP contribution < -0.4 is 0 Å². The van der Waals surface area contributed by atoms with Crippen LogP contribution >= 0.6 is 0 Å². The topological polar surface area (TPSA) is 116 Å². The van der Waals surface area contributed by atoms with E-state index >= 15 is 0 Å². The summed E-state index contributed by atoms with van der Waals surface area (Å²) in [5.41, 5.74) is 3.30. The molecule has 0 bridgehead atoms. The molecule has 5 heterocycles. The molecule has 9 nitrogen and oxygen atoms in total. The molecule has 5 rings (SSSR count). The number of rotatable bonds is 2. The minimum Gasteiger partial charge on any atom is -0.437 e. The van der Waals surface area contributed by atoms with Gasteiger partial charge in [-0.25, -0.2) is 14.5 Å². The fourth-order valence-electron chi connectivity index (χ4n) is 3.49. The molecule has 4 aromatic heterocycles. The summed E-state index contributed by atoms with van der Waals surface area (Å²) in [5, 5.41) is 13.8. The lowest BCUT2D eigenvalue weighted by Gasteiger charge is -2.33.